The van der Waals surface area contributed by atoms with Gasteiger partial charge in [0.2, 0.25) is 5.91 Å². The summed E-state index contributed by atoms with van der Waals surface area (Å²) in [4.78, 5) is 25.5. The van der Waals surface area contributed by atoms with Crippen molar-refractivity contribution in [1.82, 2.24) is 4.57 Å². The fourth-order valence-corrected chi connectivity index (χ4v) is 2.63. The number of benzene rings is 1. The Bertz CT molecular complexity index is 797. The molecule has 0 saturated heterocycles. The zero-order valence-corrected chi connectivity index (χ0v) is 15.2. The Morgan fingerprint density at radius 2 is 1.92 bits per heavy atom. The maximum atomic E-state index is 12.1. The number of esters is 1. The van der Waals surface area contributed by atoms with Crippen molar-refractivity contribution in [3.8, 4) is 17.5 Å². The Balaban J connectivity index is 1.97. The fraction of sp³-hybridized carbons (Fsp3) is 0.368. The van der Waals surface area contributed by atoms with Gasteiger partial charge in [-0.25, -0.2) is 0 Å². The summed E-state index contributed by atoms with van der Waals surface area (Å²) in [7, 11) is 1.64. The van der Waals surface area contributed by atoms with Gasteiger partial charge in [-0.3, -0.25) is 14.2 Å². The van der Waals surface area contributed by atoms with E-state index in [1.807, 2.05) is 0 Å². The van der Waals surface area contributed by atoms with E-state index in [1.54, 1.807) is 45.2 Å². The molecule has 1 aromatic heterocycles. The third-order valence-corrected chi connectivity index (χ3v) is 4.12. The number of aromatic nitrogens is 1. The van der Waals surface area contributed by atoms with Crippen molar-refractivity contribution in [2.24, 2.45) is 0 Å². The lowest BCUT2D eigenvalue weighted by atomic mass is 10.2. The van der Waals surface area contributed by atoms with Crippen LogP contribution in [0.3, 0.4) is 0 Å². The maximum Gasteiger partial charge on any atom is 0.311 e. The van der Waals surface area contributed by atoms with Crippen molar-refractivity contribution < 1.29 is 24.5 Å². The molecule has 1 aromatic carbocycles. The van der Waals surface area contributed by atoms with Gasteiger partial charge in [0.05, 0.1) is 5.69 Å². The third-order valence-electron chi connectivity index (χ3n) is 4.12. The summed E-state index contributed by atoms with van der Waals surface area (Å²) in [6.45, 7) is 3.74. The molecule has 1 amide bonds. The first-order valence-electron chi connectivity index (χ1n) is 8.49. The highest BCUT2D eigenvalue weighted by Gasteiger charge is 2.16. The molecular formula is C19H24N2O5. The van der Waals surface area contributed by atoms with Gasteiger partial charge in [-0.05, 0) is 25.5 Å². The van der Waals surface area contributed by atoms with E-state index in [0.717, 1.165) is 0 Å². The minimum Gasteiger partial charge on any atom is -0.494 e. The minimum absolute atomic E-state index is 0.0130. The molecule has 26 heavy (non-hydrogen) atoms. The van der Waals surface area contributed by atoms with Gasteiger partial charge >= 0.3 is 5.97 Å². The summed E-state index contributed by atoms with van der Waals surface area (Å²) in [5, 5.41) is 19.6. The summed E-state index contributed by atoms with van der Waals surface area (Å²) in [5.74, 6) is -0.260. The van der Waals surface area contributed by atoms with Gasteiger partial charge in [-0.2, -0.15) is 0 Å². The standard InChI is InChI=1S/C19H24N2O5/c1-4-16(22)20(3)14-8-5-6-9-15(14)26-18(24)10-7-11-21-17(23)12-13(2)19(21)25/h5-6,8-9,12,23,25H,4,7,10-11H2,1-3H3. The Morgan fingerprint density at radius 1 is 1.23 bits per heavy atom. The van der Waals surface area contributed by atoms with Crippen molar-refractivity contribution in [2.75, 3.05) is 11.9 Å². The van der Waals surface area contributed by atoms with E-state index in [1.165, 1.54) is 15.5 Å². The van der Waals surface area contributed by atoms with Crippen molar-refractivity contribution in [1.29, 1.82) is 0 Å². The van der Waals surface area contributed by atoms with Gasteiger partial charge in [0.25, 0.3) is 0 Å². The van der Waals surface area contributed by atoms with Crippen LogP contribution in [0.5, 0.6) is 17.5 Å². The number of anilines is 1. The summed E-state index contributed by atoms with van der Waals surface area (Å²) < 4.78 is 6.74. The van der Waals surface area contributed by atoms with Crippen molar-refractivity contribution in [3.63, 3.8) is 0 Å². The molecule has 0 radical (unpaired) electrons. The molecule has 7 heteroatoms. The molecule has 0 atom stereocenters. The molecule has 0 bridgehead atoms. The largest absolute Gasteiger partial charge is 0.494 e. The van der Waals surface area contributed by atoms with E-state index in [4.69, 9.17) is 4.74 Å². The predicted molar refractivity (Wildman–Crippen MR) is 97.5 cm³/mol. The molecule has 7 nitrogen and oxygen atoms in total. The quantitative estimate of drug-likeness (QED) is 0.585. The average Bonchev–Trinajstić information content (AvgIpc) is 2.87. The van der Waals surface area contributed by atoms with Crippen LogP contribution in [0, 0.1) is 6.92 Å². The Labute approximate surface area is 152 Å². The molecule has 0 aliphatic rings. The molecule has 0 spiro atoms. The van der Waals surface area contributed by atoms with Crippen LogP contribution in [-0.2, 0) is 16.1 Å². The first kappa shape index (κ1) is 19.4. The molecule has 2 aromatic rings. The fourth-order valence-electron chi connectivity index (χ4n) is 2.63. The van der Waals surface area contributed by atoms with Crippen molar-refractivity contribution >= 4 is 17.6 Å². The van der Waals surface area contributed by atoms with Crippen LogP contribution in [0.2, 0.25) is 0 Å². The number of aryl methyl sites for hydroxylation is 1. The number of para-hydroxylation sites is 2. The number of rotatable bonds is 7. The highest BCUT2D eigenvalue weighted by Crippen LogP contribution is 2.29. The number of hydrogen-bond acceptors (Lipinski definition) is 5. The number of hydrogen-bond donors (Lipinski definition) is 2. The average molecular weight is 360 g/mol. The second-order valence-electron chi connectivity index (χ2n) is 6.01. The first-order chi connectivity index (χ1) is 12.3. The molecule has 0 aliphatic carbocycles. The van der Waals surface area contributed by atoms with E-state index in [2.05, 4.69) is 0 Å². The lowest BCUT2D eigenvalue weighted by molar-refractivity contribution is -0.134. The van der Waals surface area contributed by atoms with Crippen molar-refractivity contribution in [3.05, 3.63) is 35.9 Å². The van der Waals surface area contributed by atoms with Gasteiger partial charge in [0.15, 0.2) is 17.5 Å². The van der Waals surface area contributed by atoms with Crippen LogP contribution in [0.15, 0.2) is 30.3 Å². The summed E-state index contributed by atoms with van der Waals surface area (Å²) in [5.41, 5.74) is 1.10. The summed E-state index contributed by atoms with van der Waals surface area (Å²) in [6, 6.07) is 8.32. The maximum absolute atomic E-state index is 12.1. The Hall–Kier alpha value is -2.96. The zero-order chi connectivity index (χ0) is 19.3. The van der Waals surface area contributed by atoms with Gasteiger partial charge in [0, 0.05) is 38.1 Å². The van der Waals surface area contributed by atoms with Crippen molar-refractivity contribution in [2.45, 2.75) is 39.7 Å². The Kier molecular flexibility index (Phi) is 6.27. The highest BCUT2D eigenvalue weighted by molar-refractivity contribution is 5.94. The molecule has 140 valence electrons. The monoisotopic (exact) mass is 360 g/mol. The highest BCUT2D eigenvalue weighted by atomic mass is 16.5. The topological polar surface area (TPSA) is 92.0 Å². The molecule has 0 fully saturated rings. The molecular weight excluding hydrogens is 336 g/mol. The van der Waals surface area contributed by atoms with Crippen LogP contribution < -0.4 is 9.64 Å². The number of ether oxygens (including phenoxy) is 1. The number of nitrogens with zero attached hydrogens (tertiary/aromatic N) is 2. The van der Waals surface area contributed by atoms with Crippen LogP contribution in [-0.4, -0.2) is 33.7 Å². The van der Waals surface area contributed by atoms with E-state index < -0.39 is 5.97 Å². The van der Waals surface area contributed by atoms with Crippen LogP contribution >= 0.6 is 0 Å². The normalized spacial score (nSPS) is 10.6. The second kappa shape index (κ2) is 8.42. The summed E-state index contributed by atoms with van der Waals surface area (Å²) in [6.07, 6.45) is 0.845. The SMILES string of the molecule is CCC(=O)N(C)c1ccccc1OC(=O)CCCn1c(O)cc(C)c1O. The smallest absolute Gasteiger partial charge is 0.311 e. The number of carbonyl (C=O) groups is 2. The molecule has 0 unspecified atom stereocenters. The molecule has 0 aliphatic heterocycles. The second-order valence-corrected chi connectivity index (χ2v) is 6.01. The minimum atomic E-state index is -0.447. The predicted octanol–water partition coefficient (Wildman–Crippen LogP) is 2.97. The molecule has 0 saturated carbocycles. The molecule has 2 rings (SSSR count). The number of amides is 1. The lowest BCUT2D eigenvalue weighted by Crippen LogP contribution is -2.26. The lowest BCUT2D eigenvalue weighted by Gasteiger charge is -2.19. The molecule has 2 N–H and O–H groups in total. The van der Waals surface area contributed by atoms with Crippen LogP contribution in [0.25, 0.3) is 0 Å². The van der Waals surface area contributed by atoms with E-state index in [9.17, 15) is 19.8 Å². The molecule has 1 heterocycles. The third kappa shape index (κ3) is 4.36. The van der Waals surface area contributed by atoms with Crippen LogP contribution in [0.1, 0.15) is 31.7 Å². The Morgan fingerprint density at radius 3 is 2.54 bits per heavy atom. The van der Waals surface area contributed by atoms with Gasteiger partial charge in [0.1, 0.15) is 0 Å². The van der Waals surface area contributed by atoms with E-state index >= 15 is 0 Å². The summed E-state index contributed by atoms with van der Waals surface area (Å²) >= 11 is 0. The van der Waals surface area contributed by atoms with Crippen LogP contribution in [0.4, 0.5) is 5.69 Å². The first-order valence-corrected chi connectivity index (χ1v) is 8.49. The van der Waals surface area contributed by atoms with E-state index in [-0.39, 0.29) is 30.6 Å². The van der Waals surface area contributed by atoms with Gasteiger partial charge < -0.3 is 19.8 Å². The van der Waals surface area contributed by atoms with E-state index in [0.29, 0.717) is 29.8 Å². The number of aromatic hydroxyl groups is 2. The van der Waals surface area contributed by atoms with Gasteiger partial charge in [-0.15, -0.1) is 0 Å². The van der Waals surface area contributed by atoms with Gasteiger partial charge in [-0.1, -0.05) is 19.1 Å². The zero-order valence-electron chi connectivity index (χ0n) is 15.2. The number of carbonyl (C=O) groups excluding carboxylic acids is 2.